The van der Waals surface area contributed by atoms with Gasteiger partial charge in [0.2, 0.25) is 10.0 Å². The van der Waals surface area contributed by atoms with Gasteiger partial charge >= 0.3 is 0 Å². The molecule has 0 N–H and O–H groups in total. The molecule has 0 bridgehead atoms. The van der Waals surface area contributed by atoms with E-state index in [2.05, 4.69) is 11.8 Å². The highest BCUT2D eigenvalue weighted by atomic mass is 32.2. The first-order valence-corrected chi connectivity index (χ1v) is 10.0. The van der Waals surface area contributed by atoms with E-state index < -0.39 is 10.0 Å². The van der Waals surface area contributed by atoms with Crippen LogP contribution in [0.3, 0.4) is 0 Å². The molecular weight excluding hydrogens is 336 g/mol. The largest absolute Gasteiger partial charge is 0.457 e. The Labute approximate surface area is 149 Å². The van der Waals surface area contributed by atoms with Crippen LogP contribution in [0.15, 0.2) is 53.4 Å². The first-order chi connectivity index (χ1) is 12.0. The van der Waals surface area contributed by atoms with E-state index in [4.69, 9.17) is 4.74 Å². The number of rotatable bonds is 5. The van der Waals surface area contributed by atoms with Gasteiger partial charge in [0, 0.05) is 26.2 Å². The Morgan fingerprint density at radius 3 is 2.20 bits per heavy atom. The normalized spacial score (nSPS) is 16.7. The summed E-state index contributed by atoms with van der Waals surface area (Å²) in [7, 11) is -3.44. The van der Waals surface area contributed by atoms with Crippen molar-refractivity contribution in [3.8, 4) is 11.5 Å². The van der Waals surface area contributed by atoms with E-state index >= 15 is 0 Å². The third kappa shape index (κ3) is 4.03. The summed E-state index contributed by atoms with van der Waals surface area (Å²) in [6.45, 7) is 7.67. The van der Waals surface area contributed by atoms with Crippen molar-refractivity contribution < 1.29 is 13.2 Å². The molecule has 1 heterocycles. The van der Waals surface area contributed by atoms with E-state index in [0.717, 1.165) is 30.9 Å². The van der Waals surface area contributed by atoms with E-state index in [1.165, 1.54) is 0 Å². The summed E-state index contributed by atoms with van der Waals surface area (Å²) in [5.74, 6) is 1.40. The zero-order chi connectivity index (χ0) is 17.9. The lowest BCUT2D eigenvalue weighted by atomic mass is 10.2. The van der Waals surface area contributed by atoms with Crippen molar-refractivity contribution in [3.63, 3.8) is 0 Å². The first-order valence-electron chi connectivity index (χ1n) is 8.57. The lowest BCUT2D eigenvalue weighted by molar-refractivity contribution is 0.196. The maximum absolute atomic E-state index is 12.8. The predicted molar refractivity (Wildman–Crippen MR) is 98.6 cm³/mol. The highest BCUT2D eigenvalue weighted by molar-refractivity contribution is 7.89. The van der Waals surface area contributed by atoms with Crippen molar-refractivity contribution in [2.45, 2.75) is 18.7 Å². The second-order valence-electron chi connectivity index (χ2n) is 6.18. The highest BCUT2D eigenvalue weighted by Gasteiger charge is 2.27. The third-order valence-corrected chi connectivity index (χ3v) is 6.47. The fourth-order valence-corrected chi connectivity index (χ4v) is 4.33. The minimum atomic E-state index is -3.44. The van der Waals surface area contributed by atoms with Crippen LogP contribution >= 0.6 is 0 Å². The van der Waals surface area contributed by atoms with E-state index in [9.17, 15) is 8.42 Å². The number of aryl methyl sites for hydroxylation is 1. The predicted octanol–water partition coefficient (Wildman–Crippen LogP) is 3.11. The molecule has 3 rings (SSSR count). The Morgan fingerprint density at radius 1 is 0.960 bits per heavy atom. The molecule has 0 atom stereocenters. The smallest absolute Gasteiger partial charge is 0.243 e. The molecule has 0 aliphatic carbocycles. The molecule has 0 unspecified atom stereocenters. The topological polar surface area (TPSA) is 49.9 Å². The summed E-state index contributed by atoms with van der Waals surface area (Å²) in [4.78, 5) is 2.57. The first kappa shape index (κ1) is 17.9. The monoisotopic (exact) mass is 360 g/mol. The molecule has 0 aromatic heterocycles. The SMILES string of the molecule is CCN1CCN(S(=O)(=O)c2ccc(Oc3ccccc3C)cc2)CC1. The minimum Gasteiger partial charge on any atom is -0.457 e. The van der Waals surface area contributed by atoms with Crippen LogP contribution in [0.4, 0.5) is 0 Å². The van der Waals surface area contributed by atoms with E-state index in [1.807, 2.05) is 31.2 Å². The molecule has 134 valence electrons. The maximum Gasteiger partial charge on any atom is 0.243 e. The van der Waals surface area contributed by atoms with Crippen LogP contribution in [-0.4, -0.2) is 50.3 Å². The number of para-hydroxylation sites is 1. The van der Waals surface area contributed by atoms with Gasteiger partial charge in [-0.1, -0.05) is 25.1 Å². The molecule has 5 nitrogen and oxygen atoms in total. The van der Waals surface area contributed by atoms with Gasteiger partial charge in [0.05, 0.1) is 4.90 Å². The molecule has 0 spiro atoms. The summed E-state index contributed by atoms with van der Waals surface area (Å²) in [6, 6.07) is 14.4. The van der Waals surface area contributed by atoms with Crippen molar-refractivity contribution in [2.24, 2.45) is 0 Å². The van der Waals surface area contributed by atoms with Gasteiger partial charge < -0.3 is 9.64 Å². The molecule has 0 amide bonds. The number of ether oxygens (including phenoxy) is 1. The van der Waals surface area contributed by atoms with E-state index in [-0.39, 0.29) is 0 Å². The number of sulfonamides is 1. The molecule has 1 saturated heterocycles. The average Bonchev–Trinajstić information content (AvgIpc) is 2.64. The molecule has 1 fully saturated rings. The van der Waals surface area contributed by atoms with Gasteiger partial charge in [0.15, 0.2) is 0 Å². The van der Waals surface area contributed by atoms with Crippen molar-refractivity contribution in [2.75, 3.05) is 32.7 Å². The molecule has 0 saturated carbocycles. The summed E-state index contributed by atoms with van der Waals surface area (Å²) in [5.41, 5.74) is 1.04. The molecular formula is C19H24N2O3S. The highest BCUT2D eigenvalue weighted by Crippen LogP contribution is 2.26. The molecule has 0 radical (unpaired) electrons. The minimum absolute atomic E-state index is 0.314. The summed E-state index contributed by atoms with van der Waals surface area (Å²) in [6.07, 6.45) is 0. The van der Waals surface area contributed by atoms with Crippen LogP contribution < -0.4 is 4.74 Å². The Hall–Kier alpha value is -1.89. The molecule has 25 heavy (non-hydrogen) atoms. The Balaban J connectivity index is 1.72. The second-order valence-corrected chi connectivity index (χ2v) is 8.12. The fraction of sp³-hybridized carbons (Fsp3) is 0.368. The van der Waals surface area contributed by atoms with Crippen LogP contribution in [-0.2, 0) is 10.0 Å². The number of piperazine rings is 1. The Bertz CT molecular complexity index is 811. The summed E-state index contributed by atoms with van der Waals surface area (Å²) < 4.78 is 32.9. The summed E-state index contributed by atoms with van der Waals surface area (Å²) >= 11 is 0. The maximum atomic E-state index is 12.8. The molecule has 2 aromatic carbocycles. The lowest BCUT2D eigenvalue weighted by Gasteiger charge is -2.33. The van der Waals surface area contributed by atoms with E-state index in [1.54, 1.807) is 28.6 Å². The number of hydrogen-bond donors (Lipinski definition) is 0. The molecule has 2 aromatic rings. The van der Waals surface area contributed by atoms with Crippen molar-refractivity contribution in [1.82, 2.24) is 9.21 Å². The van der Waals surface area contributed by atoms with Crippen molar-refractivity contribution in [3.05, 3.63) is 54.1 Å². The van der Waals surface area contributed by atoms with Crippen molar-refractivity contribution >= 4 is 10.0 Å². The average molecular weight is 360 g/mol. The zero-order valence-corrected chi connectivity index (χ0v) is 15.5. The quantitative estimate of drug-likeness (QED) is 0.822. The standard InChI is InChI=1S/C19H24N2O3S/c1-3-20-12-14-21(15-13-20)25(22,23)18-10-8-17(9-11-18)24-19-7-5-4-6-16(19)2/h4-11H,3,12-15H2,1-2H3. The van der Waals surface area contributed by atoms with Gasteiger partial charge in [-0.3, -0.25) is 0 Å². The van der Waals surface area contributed by atoms with Crippen LogP contribution in [0.1, 0.15) is 12.5 Å². The number of hydrogen-bond acceptors (Lipinski definition) is 4. The molecule has 6 heteroatoms. The Morgan fingerprint density at radius 2 is 1.60 bits per heavy atom. The van der Waals surface area contributed by atoms with Crippen LogP contribution in [0.25, 0.3) is 0 Å². The van der Waals surface area contributed by atoms with Gasteiger partial charge in [-0.05, 0) is 49.4 Å². The van der Waals surface area contributed by atoms with Gasteiger partial charge in [0.25, 0.3) is 0 Å². The number of nitrogens with zero attached hydrogens (tertiary/aromatic N) is 2. The van der Waals surface area contributed by atoms with Gasteiger partial charge in [0.1, 0.15) is 11.5 Å². The van der Waals surface area contributed by atoms with Crippen LogP contribution in [0, 0.1) is 6.92 Å². The molecule has 1 aliphatic rings. The number of benzene rings is 2. The summed E-state index contributed by atoms with van der Waals surface area (Å²) in [5, 5.41) is 0. The van der Waals surface area contributed by atoms with Gasteiger partial charge in [-0.15, -0.1) is 0 Å². The lowest BCUT2D eigenvalue weighted by Crippen LogP contribution is -2.48. The number of likely N-dealkylation sites (N-methyl/N-ethyl adjacent to an activating group) is 1. The van der Waals surface area contributed by atoms with Crippen LogP contribution in [0.5, 0.6) is 11.5 Å². The zero-order valence-electron chi connectivity index (χ0n) is 14.7. The Kier molecular flexibility index (Phi) is 5.42. The molecule has 1 aliphatic heterocycles. The fourth-order valence-electron chi connectivity index (χ4n) is 2.91. The van der Waals surface area contributed by atoms with Crippen LogP contribution in [0.2, 0.25) is 0 Å². The van der Waals surface area contributed by atoms with Gasteiger partial charge in [-0.2, -0.15) is 4.31 Å². The van der Waals surface area contributed by atoms with Crippen molar-refractivity contribution in [1.29, 1.82) is 0 Å². The third-order valence-electron chi connectivity index (χ3n) is 4.56. The second kappa shape index (κ2) is 7.56. The van der Waals surface area contributed by atoms with E-state index in [0.29, 0.717) is 23.7 Å². The van der Waals surface area contributed by atoms with Gasteiger partial charge in [-0.25, -0.2) is 8.42 Å².